The van der Waals surface area contributed by atoms with Crippen molar-refractivity contribution in [3.8, 4) is 0 Å². The van der Waals surface area contributed by atoms with Crippen molar-refractivity contribution in [3.05, 3.63) is 65.2 Å². The zero-order valence-corrected chi connectivity index (χ0v) is 13.5. The standard InChI is InChI=1S/C19H21FN2O2/c20-18-6-2-1-4-15(18)10-14-11-16(13-21-12-14)19(24)22-8-3-5-17(23)7-9-22/h1-2,4,6,11-13,17,23H,3,5,7-10H2. The molecule has 3 rings (SSSR count). The Labute approximate surface area is 141 Å². The highest BCUT2D eigenvalue weighted by Crippen LogP contribution is 2.17. The summed E-state index contributed by atoms with van der Waals surface area (Å²) in [6.45, 7) is 1.20. The van der Waals surface area contributed by atoms with Crippen molar-refractivity contribution in [2.24, 2.45) is 0 Å². The van der Waals surface area contributed by atoms with E-state index in [9.17, 15) is 14.3 Å². The minimum absolute atomic E-state index is 0.0769. The molecular formula is C19H21FN2O2. The summed E-state index contributed by atoms with van der Waals surface area (Å²) in [6, 6.07) is 8.40. The van der Waals surface area contributed by atoms with E-state index in [-0.39, 0.29) is 17.8 Å². The minimum Gasteiger partial charge on any atom is -0.393 e. The average molecular weight is 328 g/mol. The van der Waals surface area contributed by atoms with Gasteiger partial charge in [0, 0.05) is 31.9 Å². The van der Waals surface area contributed by atoms with E-state index < -0.39 is 0 Å². The van der Waals surface area contributed by atoms with Crippen LogP contribution < -0.4 is 0 Å². The molecule has 1 aromatic carbocycles. The van der Waals surface area contributed by atoms with Crippen molar-refractivity contribution >= 4 is 5.91 Å². The van der Waals surface area contributed by atoms with Gasteiger partial charge < -0.3 is 10.0 Å². The van der Waals surface area contributed by atoms with Crippen molar-refractivity contribution in [1.82, 2.24) is 9.88 Å². The maximum atomic E-state index is 13.8. The Balaban J connectivity index is 1.75. The van der Waals surface area contributed by atoms with Crippen LogP contribution in [0.4, 0.5) is 4.39 Å². The summed E-state index contributed by atoms with van der Waals surface area (Å²) in [5.41, 5.74) is 1.91. The normalized spacial score (nSPS) is 18.2. The first-order valence-corrected chi connectivity index (χ1v) is 8.28. The van der Waals surface area contributed by atoms with Crippen LogP contribution >= 0.6 is 0 Å². The van der Waals surface area contributed by atoms with Crippen LogP contribution in [-0.4, -0.2) is 40.1 Å². The lowest BCUT2D eigenvalue weighted by atomic mass is 10.0. The van der Waals surface area contributed by atoms with Gasteiger partial charge in [0.2, 0.25) is 0 Å². The highest BCUT2D eigenvalue weighted by atomic mass is 19.1. The van der Waals surface area contributed by atoms with Crippen LogP contribution in [0.25, 0.3) is 0 Å². The van der Waals surface area contributed by atoms with Gasteiger partial charge >= 0.3 is 0 Å². The molecule has 0 spiro atoms. The molecule has 1 aromatic heterocycles. The van der Waals surface area contributed by atoms with E-state index in [2.05, 4.69) is 4.98 Å². The van der Waals surface area contributed by atoms with Gasteiger partial charge in [-0.05, 0) is 42.5 Å². The molecule has 126 valence electrons. The molecule has 2 aromatic rings. The van der Waals surface area contributed by atoms with Gasteiger partial charge in [-0.2, -0.15) is 0 Å². The van der Waals surface area contributed by atoms with Gasteiger partial charge in [-0.25, -0.2) is 4.39 Å². The number of halogens is 1. The van der Waals surface area contributed by atoms with E-state index in [1.165, 1.54) is 6.07 Å². The topological polar surface area (TPSA) is 53.4 Å². The third-order valence-electron chi connectivity index (χ3n) is 4.38. The fourth-order valence-electron chi connectivity index (χ4n) is 3.03. The number of carbonyl (C=O) groups excluding carboxylic acids is 1. The smallest absolute Gasteiger partial charge is 0.255 e. The second-order valence-electron chi connectivity index (χ2n) is 6.23. The Bertz CT molecular complexity index is 720. The molecule has 4 nitrogen and oxygen atoms in total. The van der Waals surface area contributed by atoms with Crippen molar-refractivity contribution in [1.29, 1.82) is 0 Å². The molecule has 24 heavy (non-hydrogen) atoms. The molecule has 1 N–H and O–H groups in total. The van der Waals surface area contributed by atoms with Crippen molar-refractivity contribution in [2.75, 3.05) is 13.1 Å². The molecule has 2 heterocycles. The lowest BCUT2D eigenvalue weighted by molar-refractivity contribution is 0.0752. The van der Waals surface area contributed by atoms with Gasteiger partial charge in [-0.15, -0.1) is 0 Å². The van der Waals surface area contributed by atoms with E-state index in [1.807, 2.05) is 0 Å². The van der Waals surface area contributed by atoms with Crippen molar-refractivity contribution < 1.29 is 14.3 Å². The number of amides is 1. The molecule has 1 saturated heterocycles. The summed E-state index contributed by atoms with van der Waals surface area (Å²) in [5.74, 6) is -0.331. The van der Waals surface area contributed by atoms with E-state index in [0.29, 0.717) is 37.1 Å². The number of carbonyl (C=O) groups is 1. The van der Waals surface area contributed by atoms with Gasteiger partial charge in [-0.1, -0.05) is 18.2 Å². The first-order valence-electron chi connectivity index (χ1n) is 8.28. The fourth-order valence-corrected chi connectivity index (χ4v) is 3.03. The maximum absolute atomic E-state index is 13.8. The molecule has 0 saturated carbocycles. The largest absolute Gasteiger partial charge is 0.393 e. The van der Waals surface area contributed by atoms with Crippen LogP contribution in [0.2, 0.25) is 0 Å². The molecular weight excluding hydrogens is 307 g/mol. The number of hydrogen-bond acceptors (Lipinski definition) is 3. The van der Waals surface area contributed by atoms with Crippen LogP contribution in [0.15, 0.2) is 42.7 Å². The monoisotopic (exact) mass is 328 g/mol. The fraction of sp³-hybridized carbons (Fsp3) is 0.368. The van der Waals surface area contributed by atoms with E-state index >= 15 is 0 Å². The number of benzene rings is 1. The molecule has 1 atom stereocenters. The predicted molar refractivity (Wildman–Crippen MR) is 89.2 cm³/mol. The summed E-state index contributed by atoms with van der Waals surface area (Å²) in [7, 11) is 0. The first kappa shape index (κ1) is 16.6. The quantitative estimate of drug-likeness (QED) is 0.943. The highest BCUT2D eigenvalue weighted by Gasteiger charge is 2.21. The maximum Gasteiger partial charge on any atom is 0.255 e. The predicted octanol–water partition coefficient (Wildman–Crippen LogP) is 2.80. The summed E-state index contributed by atoms with van der Waals surface area (Å²) in [6.07, 6.45) is 5.43. The van der Waals surface area contributed by atoms with Crippen LogP contribution in [0.3, 0.4) is 0 Å². The third kappa shape index (κ3) is 3.97. The molecule has 1 fully saturated rings. The molecule has 1 unspecified atom stereocenters. The SMILES string of the molecule is O=C(c1cncc(Cc2ccccc2F)c1)N1CCCC(O)CC1. The lowest BCUT2D eigenvalue weighted by Gasteiger charge is -2.20. The van der Waals surface area contributed by atoms with Crippen molar-refractivity contribution in [3.63, 3.8) is 0 Å². The second kappa shape index (κ2) is 7.53. The average Bonchev–Trinajstić information content (AvgIpc) is 2.81. The third-order valence-corrected chi connectivity index (χ3v) is 4.38. The van der Waals surface area contributed by atoms with E-state index in [4.69, 9.17) is 0 Å². The van der Waals surface area contributed by atoms with E-state index in [0.717, 1.165) is 18.4 Å². The van der Waals surface area contributed by atoms with Gasteiger partial charge in [0.1, 0.15) is 5.82 Å². The Kier molecular flexibility index (Phi) is 5.20. The second-order valence-corrected chi connectivity index (χ2v) is 6.23. The summed E-state index contributed by atoms with van der Waals surface area (Å²) in [4.78, 5) is 18.6. The molecule has 0 radical (unpaired) electrons. The van der Waals surface area contributed by atoms with Gasteiger partial charge in [0.05, 0.1) is 11.7 Å². The molecule has 5 heteroatoms. The van der Waals surface area contributed by atoms with E-state index in [1.54, 1.807) is 41.6 Å². The molecule has 0 bridgehead atoms. The number of pyridine rings is 1. The number of aliphatic hydroxyl groups is 1. The molecule has 0 aliphatic carbocycles. The Morgan fingerprint density at radius 2 is 2.08 bits per heavy atom. The Morgan fingerprint density at radius 3 is 2.92 bits per heavy atom. The number of aromatic nitrogens is 1. The number of nitrogens with zero attached hydrogens (tertiary/aromatic N) is 2. The van der Waals surface area contributed by atoms with Gasteiger partial charge in [0.25, 0.3) is 5.91 Å². The van der Waals surface area contributed by atoms with Gasteiger partial charge in [0.15, 0.2) is 0 Å². The zero-order chi connectivity index (χ0) is 16.9. The summed E-state index contributed by atoms with van der Waals surface area (Å²) < 4.78 is 13.8. The first-order chi connectivity index (χ1) is 11.6. The number of likely N-dealkylation sites (tertiary alicyclic amines) is 1. The number of hydrogen-bond donors (Lipinski definition) is 1. The Morgan fingerprint density at radius 1 is 1.25 bits per heavy atom. The van der Waals surface area contributed by atoms with Gasteiger partial charge in [-0.3, -0.25) is 9.78 Å². The molecule has 1 aliphatic rings. The van der Waals surface area contributed by atoms with Crippen LogP contribution in [0, 0.1) is 5.82 Å². The molecule has 1 aliphatic heterocycles. The number of rotatable bonds is 3. The van der Waals surface area contributed by atoms with Crippen LogP contribution in [0.5, 0.6) is 0 Å². The number of aliphatic hydroxyl groups excluding tert-OH is 1. The Hall–Kier alpha value is -2.27. The van der Waals surface area contributed by atoms with Crippen molar-refractivity contribution in [2.45, 2.75) is 31.8 Å². The lowest BCUT2D eigenvalue weighted by Crippen LogP contribution is -2.32. The zero-order valence-electron chi connectivity index (χ0n) is 13.5. The minimum atomic E-state index is -0.326. The summed E-state index contributed by atoms with van der Waals surface area (Å²) in [5, 5.41) is 9.71. The molecule has 1 amide bonds. The van der Waals surface area contributed by atoms with Crippen LogP contribution in [-0.2, 0) is 6.42 Å². The highest BCUT2D eigenvalue weighted by molar-refractivity contribution is 5.94. The van der Waals surface area contributed by atoms with Crippen LogP contribution in [0.1, 0.15) is 40.7 Å². The summed E-state index contributed by atoms with van der Waals surface area (Å²) >= 11 is 0.